The Balaban J connectivity index is 1.37. The molecule has 0 spiro atoms. The van der Waals surface area contributed by atoms with E-state index in [0.29, 0.717) is 25.1 Å². The molecule has 156 valence electrons. The van der Waals surface area contributed by atoms with Gasteiger partial charge in [-0.2, -0.15) is 0 Å². The summed E-state index contributed by atoms with van der Waals surface area (Å²) in [6.45, 7) is 6.55. The highest BCUT2D eigenvalue weighted by atomic mass is 16.5. The molecule has 0 bridgehead atoms. The SMILES string of the molecule is CCOC(=O)Cc1ccc(N2CC[C@H](N[C@@H](C)c3cccc4ccccc34)C2)cc1. The van der Waals surface area contributed by atoms with Crippen molar-refractivity contribution >= 4 is 22.4 Å². The number of nitrogens with zero attached hydrogens (tertiary/aromatic N) is 1. The Kier molecular flexibility index (Phi) is 6.34. The van der Waals surface area contributed by atoms with E-state index < -0.39 is 0 Å². The van der Waals surface area contributed by atoms with Gasteiger partial charge in [0.15, 0.2) is 0 Å². The van der Waals surface area contributed by atoms with E-state index in [1.54, 1.807) is 0 Å². The van der Waals surface area contributed by atoms with Crippen LogP contribution in [-0.4, -0.2) is 31.7 Å². The van der Waals surface area contributed by atoms with Gasteiger partial charge < -0.3 is 15.0 Å². The molecule has 0 radical (unpaired) electrons. The van der Waals surface area contributed by atoms with Crippen LogP contribution in [0.2, 0.25) is 0 Å². The van der Waals surface area contributed by atoms with Crippen molar-refractivity contribution in [1.82, 2.24) is 5.32 Å². The van der Waals surface area contributed by atoms with E-state index in [-0.39, 0.29) is 5.97 Å². The summed E-state index contributed by atoms with van der Waals surface area (Å²) in [6, 6.07) is 24.2. The fourth-order valence-corrected chi connectivity index (χ4v) is 4.41. The van der Waals surface area contributed by atoms with Gasteiger partial charge in [0.05, 0.1) is 13.0 Å². The van der Waals surface area contributed by atoms with Gasteiger partial charge in [0.2, 0.25) is 0 Å². The molecule has 1 fully saturated rings. The average molecular weight is 403 g/mol. The van der Waals surface area contributed by atoms with Crippen LogP contribution in [-0.2, 0) is 16.0 Å². The highest BCUT2D eigenvalue weighted by molar-refractivity contribution is 5.86. The zero-order valence-electron chi connectivity index (χ0n) is 17.8. The van der Waals surface area contributed by atoms with Crippen LogP contribution in [0.4, 0.5) is 5.69 Å². The predicted molar refractivity (Wildman–Crippen MR) is 123 cm³/mol. The second-order valence-corrected chi connectivity index (χ2v) is 8.04. The summed E-state index contributed by atoms with van der Waals surface area (Å²) in [5.74, 6) is -0.168. The highest BCUT2D eigenvalue weighted by Crippen LogP contribution is 2.27. The van der Waals surface area contributed by atoms with Gasteiger partial charge in [-0.1, -0.05) is 54.6 Å². The topological polar surface area (TPSA) is 41.6 Å². The summed E-state index contributed by atoms with van der Waals surface area (Å²) in [6.07, 6.45) is 1.46. The van der Waals surface area contributed by atoms with E-state index in [4.69, 9.17) is 4.74 Å². The standard InChI is InChI=1S/C26H30N2O2/c1-3-30-26(29)17-20-11-13-23(14-12-20)28-16-15-22(18-28)27-19(2)24-10-6-8-21-7-4-5-9-25(21)24/h4-14,19,22,27H,3,15-18H2,1-2H3/t19-,22-/m0/s1. The van der Waals surface area contributed by atoms with Crippen LogP contribution in [0, 0.1) is 0 Å². The first kappa shape index (κ1) is 20.4. The number of hydrogen-bond donors (Lipinski definition) is 1. The average Bonchev–Trinajstić information content (AvgIpc) is 3.22. The number of rotatable bonds is 7. The van der Waals surface area contributed by atoms with E-state index in [2.05, 4.69) is 71.7 Å². The van der Waals surface area contributed by atoms with E-state index in [0.717, 1.165) is 25.1 Å². The number of esters is 1. The summed E-state index contributed by atoms with van der Waals surface area (Å²) >= 11 is 0. The molecule has 30 heavy (non-hydrogen) atoms. The number of anilines is 1. The number of hydrogen-bond acceptors (Lipinski definition) is 4. The number of benzene rings is 3. The summed E-state index contributed by atoms with van der Waals surface area (Å²) < 4.78 is 5.03. The Morgan fingerprint density at radius 3 is 2.67 bits per heavy atom. The third kappa shape index (κ3) is 4.65. The molecular weight excluding hydrogens is 372 g/mol. The number of carbonyl (C=O) groups excluding carboxylic acids is 1. The van der Waals surface area contributed by atoms with Crippen molar-refractivity contribution in [1.29, 1.82) is 0 Å². The van der Waals surface area contributed by atoms with Crippen LogP contribution in [0.3, 0.4) is 0 Å². The second kappa shape index (κ2) is 9.31. The van der Waals surface area contributed by atoms with Gasteiger partial charge in [-0.15, -0.1) is 0 Å². The summed E-state index contributed by atoms with van der Waals surface area (Å²) in [7, 11) is 0. The van der Waals surface area contributed by atoms with Crippen LogP contribution < -0.4 is 10.2 Å². The van der Waals surface area contributed by atoms with Crippen molar-refractivity contribution in [3.63, 3.8) is 0 Å². The number of carbonyl (C=O) groups is 1. The van der Waals surface area contributed by atoms with Crippen LogP contribution in [0.1, 0.15) is 37.4 Å². The van der Waals surface area contributed by atoms with Gasteiger partial charge in [-0.25, -0.2) is 0 Å². The van der Waals surface area contributed by atoms with E-state index in [1.165, 1.54) is 22.0 Å². The minimum Gasteiger partial charge on any atom is -0.466 e. The molecule has 4 nitrogen and oxygen atoms in total. The molecule has 3 aromatic rings. The van der Waals surface area contributed by atoms with Crippen LogP contribution in [0.25, 0.3) is 10.8 Å². The monoisotopic (exact) mass is 402 g/mol. The molecule has 4 heteroatoms. The normalized spacial score (nSPS) is 17.3. The van der Waals surface area contributed by atoms with Crippen molar-refractivity contribution in [2.75, 3.05) is 24.6 Å². The van der Waals surface area contributed by atoms with E-state index >= 15 is 0 Å². The lowest BCUT2D eigenvalue weighted by Gasteiger charge is -2.23. The molecule has 0 aliphatic carbocycles. The van der Waals surface area contributed by atoms with Crippen molar-refractivity contribution in [3.8, 4) is 0 Å². The molecule has 1 aliphatic rings. The molecule has 1 saturated heterocycles. The first-order valence-electron chi connectivity index (χ1n) is 10.9. The Hall–Kier alpha value is -2.85. The van der Waals surface area contributed by atoms with Crippen molar-refractivity contribution in [3.05, 3.63) is 77.9 Å². The lowest BCUT2D eigenvalue weighted by molar-refractivity contribution is -0.142. The predicted octanol–water partition coefficient (Wildman–Crippen LogP) is 4.87. The van der Waals surface area contributed by atoms with Crippen LogP contribution in [0.5, 0.6) is 0 Å². The molecule has 0 aromatic heterocycles. The maximum atomic E-state index is 11.7. The van der Waals surface area contributed by atoms with Gasteiger partial charge in [0, 0.05) is 30.9 Å². The molecule has 1 heterocycles. The van der Waals surface area contributed by atoms with Crippen molar-refractivity contribution in [2.45, 2.75) is 38.8 Å². The zero-order valence-corrected chi connectivity index (χ0v) is 17.8. The Morgan fingerprint density at radius 2 is 1.87 bits per heavy atom. The number of fused-ring (bicyclic) bond motifs is 1. The molecule has 3 aromatic carbocycles. The Morgan fingerprint density at radius 1 is 1.10 bits per heavy atom. The third-order valence-corrected chi connectivity index (χ3v) is 5.92. The van der Waals surface area contributed by atoms with Crippen LogP contribution >= 0.6 is 0 Å². The summed E-state index contributed by atoms with van der Waals surface area (Å²) in [5, 5.41) is 6.45. The van der Waals surface area contributed by atoms with Gasteiger partial charge in [0.1, 0.15) is 0 Å². The Bertz CT molecular complexity index is 994. The van der Waals surface area contributed by atoms with Crippen LogP contribution in [0.15, 0.2) is 66.7 Å². The molecule has 1 aliphatic heterocycles. The maximum absolute atomic E-state index is 11.7. The lowest BCUT2D eigenvalue weighted by atomic mass is 9.99. The van der Waals surface area contributed by atoms with Gasteiger partial charge in [-0.3, -0.25) is 4.79 Å². The van der Waals surface area contributed by atoms with Gasteiger partial charge >= 0.3 is 5.97 Å². The zero-order chi connectivity index (χ0) is 20.9. The fraction of sp³-hybridized carbons (Fsp3) is 0.346. The molecule has 0 saturated carbocycles. The first-order chi connectivity index (χ1) is 14.6. The lowest BCUT2D eigenvalue weighted by Crippen LogP contribution is -2.34. The summed E-state index contributed by atoms with van der Waals surface area (Å²) in [5.41, 5.74) is 3.57. The molecule has 0 unspecified atom stereocenters. The van der Waals surface area contributed by atoms with Gasteiger partial charge in [0.25, 0.3) is 0 Å². The molecule has 2 atom stereocenters. The largest absolute Gasteiger partial charge is 0.466 e. The molecular formula is C26H30N2O2. The summed E-state index contributed by atoms with van der Waals surface area (Å²) in [4.78, 5) is 14.1. The van der Waals surface area contributed by atoms with E-state index in [1.807, 2.05) is 19.1 Å². The smallest absolute Gasteiger partial charge is 0.310 e. The van der Waals surface area contributed by atoms with Crippen molar-refractivity contribution < 1.29 is 9.53 Å². The number of nitrogens with one attached hydrogen (secondary N) is 1. The Labute approximate surface area is 178 Å². The third-order valence-electron chi connectivity index (χ3n) is 5.92. The molecule has 0 amide bonds. The minimum atomic E-state index is -0.168. The van der Waals surface area contributed by atoms with E-state index in [9.17, 15) is 4.79 Å². The molecule has 4 rings (SSSR count). The first-order valence-corrected chi connectivity index (χ1v) is 10.9. The van der Waals surface area contributed by atoms with Gasteiger partial charge in [-0.05, 0) is 54.3 Å². The highest BCUT2D eigenvalue weighted by Gasteiger charge is 2.24. The quantitative estimate of drug-likeness (QED) is 0.572. The maximum Gasteiger partial charge on any atom is 0.310 e. The number of ether oxygens (including phenoxy) is 1. The fourth-order valence-electron chi connectivity index (χ4n) is 4.41. The molecule has 1 N–H and O–H groups in total. The minimum absolute atomic E-state index is 0.168. The van der Waals surface area contributed by atoms with Crippen molar-refractivity contribution in [2.24, 2.45) is 0 Å². The second-order valence-electron chi connectivity index (χ2n) is 8.04.